The molecule has 2 amide bonds. The number of hydrazine groups is 1. The normalized spacial score (nSPS) is 11.5. The van der Waals surface area contributed by atoms with Gasteiger partial charge in [-0.1, -0.05) is 103 Å². The maximum absolute atomic E-state index is 13.0. The maximum Gasteiger partial charge on any atom is 0.279 e. The maximum atomic E-state index is 13.0. The molecule has 0 aliphatic carbocycles. The van der Waals surface area contributed by atoms with E-state index >= 15 is 0 Å². The minimum atomic E-state index is -0.797. The monoisotopic (exact) mass is 450 g/mol. The fraction of sp³-hybridized carbons (Fsp3) is 0.103. The molecule has 1 atom stereocenters. The third kappa shape index (κ3) is 5.70. The second-order valence-corrected chi connectivity index (χ2v) is 7.88. The van der Waals surface area contributed by atoms with Gasteiger partial charge in [0, 0.05) is 0 Å². The number of ether oxygens (including phenoxy) is 1. The zero-order chi connectivity index (χ0) is 23.8. The topological polar surface area (TPSA) is 67.4 Å². The van der Waals surface area contributed by atoms with E-state index in [4.69, 9.17) is 4.74 Å². The fourth-order valence-electron chi connectivity index (χ4n) is 3.70. The molecule has 1 unspecified atom stereocenters. The van der Waals surface area contributed by atoms with Crippen molar-refractivity contribution in [1.29, 1.82) is 0 Å². The molecule has 0 aliphatic rings. The van der Waals surface area contributed by atoms with Crippen molar-refractivity contribution in [2.24, 2.45) is 0 Å². The summed E-state index contributed by atoms with van der Waals surface area (Å²) in [5, 5.41) is 0. The average molecular weight is 451 g/mol. The number of rotatable bonds is 7. The first-order chi connectivity index (χ1) is 16.6. The molecule has 0 radical (unpaired) electrons. The van der Waals surface area contributed by atoms with Crippen LogP contribution in [-0.4, -0.2) is 17.9 Å². The molecule has 0 fully saturated rings. The lowest BCUT2D eigenvalue weighted by Gasteiger charge is -2.20. The van der Waals surface area contributed by atoms with Crippen LogP contribution in [0.5, 0.6) is 5.75 Å². The molecule has 2 N–H and O–H groups in total. The van der Waals surface area contributed by atoms with Gasteiger partial charge in [-0.3, -0.25) is 20.4 Å². The van der Waals surface area contributed by atoms with Crippen LogP contribution in [0.3, 0.4) is 0 Å². The van der Waals surface area contributed by atoms with Crippen LogP contribution in [0.4, 0.5) is 0 Å². The smallest absolute Gasteiger partial charge is 0.279 e. The number of amides is 2. The van der Waals surface area contributed by atoms with Gasteiger partial charge in [-0.15, -0.1) is 0 Å². The van der Waals surface area contributed by atoms with Crippen LogP contribution < -0.4 is 15.6 Å². The van der Waals surface area contributed by atoms with Crippen molar-refractivity contribution in [3.05, 3.63) is 126 Å². The van der Waals surface area contributed by atoms with Crippen molar-refractivity contribution >= 4 is 11.8 Å². The summed E-state index contributed by atoms with van der Waals surface area (Å²) < 4.78 is 5.77. The highest BCUT2D eigenvalue weighted by molar-refractivity contribution is 5.90. The lowest BCUT2D eigenvalue weighted by Crippen LogP contribution is -2.48. The summed E-state index contributed by atoms with van der Waals surface area (Å²) in [5.74, 6) is -0.755. The van der Waals surface area contributed by atoms with Crippen molar-refractivity contribution < 1.29 is 14.3 Å². The number of hydrogen-bond acceptors (Lipinski definition) is 3. The van der Waals surface area contributed by atoms with E-state index in [1.807, 2.05) is 115 Å². The van der Waals surface area contributed by atoms with E-state index in [1.54, 1.807) is 6.92 Å². The summed E-state index contributed by atoms with van der Waals surface area (Å²) in [4.78, 5) is 25.6. The summed E-state index contributed by atoms with van der Waals surface area (Å²) in [7, 11) is 0. The summed E-state index contributed by atoms with van der Waals surface area (Å²) in [6.07, 6.45) is -0.797. The highest BCUT2D eigenvalue weighted by Gasteiger charge is 2.24. The Hall–Kier alpha value is -4.38. The van der Waals surface area contributed by atoms with Gasteiger partial charge in [0.05, 0.1) is 5.92 Å². The molecule has 5 nitrogen and oxygen atoms in total. The van der Waals surface area contributed by atoms with Gasteiger partial charge in [0.1, 0.15) is 5.75 Å². The standard InChI is InChI=1S/C29H26N2O3/c1-21(34-26-19-17-23(18-20-26)22-11-5-2-6-12-22)28(32)30-31-29(33)27(24-13-7-3-8-14-24)25-15-9-4-10-16-25/h2-21,27H,1H3,(H,30,32)(H,31,33). The van der Waals surface area contributed by atoms with Gasteiger partial charge < -0.3 is 4.74 Å². The lowest BCUT2D eigenvalue weighted by atomic mass is 9.91. The average Bonchev–Trinajstić information content (AvgIpc) is 2.89. The predicted molar refractivity (Wildman–Crippen MR) is 133 cm³/mol. The number of nitrogens with one attached hydrogen (secondary N) is 2. The van der Waals surface area contributed by atoms with Crippen LogP contribution in [0.15, 0.2) is 115 Å². The van der Waals surface area contributed by atoms with Gasteiger partial charge in [0.15, 0.2) is 6.10 Å². The van der Waals surface area contributed by atoms with Gasteiger partial charge in [0.25, 0.3) is 5.91 Å². The molecule has 0 bridgehead atoms. The van der Waals surface area contributed by atoms with Crippen LogP contribution in [-0.2, 0) is 9.59 Å². The van der Waals surface area contributed by atoms with Gasteiger partial charge >= 0.3 is 0 Å². The molecule has 4 aromatic rings. The molecule has 0 aliphatic heterocycles. The number of carbonyl (C=O) groups excluding carboxylic acids is 2. The van der Waals surface area contributed by atoms with Crippen molar-refractivity contribution in [3.63, 3.8) is 0 Å². The first-order valence-electron chi connectivity index (χ1n) is 11.1. The third-order valence-corrected chi connectivity index (χ3v) is 5.48. The number of carbonyl (C=O) groups is 2. The van der Waals surface area contributed by atoms with Crippen molar-refractivity contribution in [2.45, 2.75) is 18.9 Å². The van der Waals surface area contributed by atoms with Crippen molar-refractivity contribution in [1.82, 2.24) is 10.9 Å². The van der Waals surface area contributed by atoms with Gasteiger partial charge in [0.2, 0.25) is 5.91 Å². The quantitative estimate of drug-likeness (QED) is 0.385. The Morgan fingerprint density at radius 1 is 0.588 bits per heavy atom. The Morgan fingerprint density at radius 3 is 1.56 bits per heavy atom. The van der Waals surface area contributed by atoms with Gasteiger partial charge in [-0.2, -0.15) is 0 Å². The molecular weight excluding hydrogens is 424 g/mol. The molecule has 4 aromatic carbocycles. The van der Waals surface area contributed by atoms with E-state index in [9.17, 15) is 9.59 Å². The van der Waals surface area contributed by atoms with Crippen LogP contribution in [0.25, 0.3) is 11.1 Å². The largest absolute Gasteiger partial charge is 0.481 e. The Balaban J connectivity index is 1.37. The third-order valence-electron chi connectivity index (χ3n) is 5.48. The summed E-state index contributed by atoms with van der Waals surface area (Å²) in [6.45, 7) is 1.64. The Kier molecular flexibility index (Phi) is 7.35. The predicted octanol–water partition coefficient (Wildman–Crippen LogP) is 5.10. The van der Waals surface area contributed by atoms with Crippen LogP contribution >= 0.6 is 0 Å². The number of benzene rings is 4. The second-order valence-electron chi connectivity index (χ2n) is 7.88. The molecule has 0 heterocycles. The van der Waals surface area contributed by atoms with E-state index in [-0.39, 0.29) is 5.91 Å². The van der Waals surface area contributed by atoms with Crippen LogP contribution in [0.2, 0.25) is 0 Å². The van der Waals surface area contributed by atoms with E-state index in [1.165, 1.54) is 0 Å². The van der Waals surface area contributed by atoms with E-state index in [0.29, 0.717) is 5.75 Å². The Labute approximate surface area is 199 Å². The number of hydrogen-bond donors (Lipinski definition) is 2. The second kappa shape index (κ2) is 11.0. The Bertz CT molecular complexity index is 1170. The summed E-state index contributed by atoms with van der Waals surface area (Å²) in [6, 6.07) is 36.5. The SMILES string of the molecule is CC(Oc1ccc(-c2ccccc2)cc1)C(=O)NNC(=O)C(c1ccccc1)c1ccccc1. The lowest BCUT2D eigenvalue weighted by molar-refractivity contribution is -0.133. The van der Waals surface area contributed by atoms with Gasteiger partial charge in [-0.25, -0.2) is 0 Å². The van der Waals surface area contributed by atoms with E-state index in [2.05, 4.69) is 10.9 Å². The fourth-order valence-corrected chi connectivity index (χ4v) is 3.70. The minimum Gasteiger partial charge on any atom is -0.481 e. The highest BCUT2D eigenvalue weighted by Crippen LogP contribution is 2.25. The van der Waals surface area contributed by atoms with E-state index in [0.717, 1.165) is 22.3 Å². The van der Waals surface area contributed by atoms with Gasteiger partial charge in [-0.05, 0) is 41.3 Å². The molecule has 0 saturated heterocycles. The molecule has 5 heteroatoms. The molecule has 0 spiro atoms. The molecular formula is C29H26N2O3. The molecule has 4 rings (SSSR count). The van der Waals surface area contributed by atoms with Crippen LogP contribution in [0.1, 0.15) is 24.0 Å². The summed E-state index contributed by atoms with van der Waals surface area (Å²) in [5.41, 5.74) is 8.89. The van der Waals surface area contributed by atoms with Crippen LogP contribution in [0, 0.1) is 0 Å². The first kappa shape index (κ1) is 22.8. The summed E-state index contributed by atoms with van der Waals surface area (Å²) >= 11 is 0. The highest BCUT2D eigenvalue weighted by atomic mass is 16.5. The molecule has 170 valence electrons. The zero-order valence-electron chi connectivity index (χ0n) is 18.8. The van der Waals surface area contributed by atoms with Crippen molar-refractivity contribution in [2.75, 3.05) is 0 Å². The molecule has 34 heavy (non-hydrogen) atoms. The molecule has 0 aromatic heterocycles. The van der Waals surface area contributed by atoms with Crippen molar-refractivity contribution in [3.8, 4) is 16.9 Å². The first-order valence-corrected chi connectivity index (χ1v) is 11.1. The molecule has 0 saturated carbocycles. The minimum absolute atomic E-state index is 0.329. The Morgan fingerprint density at radius 2 is 1.03 bits per heavy atom. The zero-order valence-corrected chi connectivity index (χ0v) is 18.8. The van der Waals surface area contributed by atoms with E-state index < -0.39 is 17.9 Å².